The Morgan fingerprint density at radius 2 is 1.89 bits per heavy atom. The highest BCUT2D eigenvalue weighted by atomic mass is 16.6. The SMILES string of the molecule is COc1cnc2ccc(=O)n(CCN3CCC(N(Cc4cc5c(cn4)OCCO5)C(=O)O)CC3)c2c1. The molecule has 0 unspecified atom stereocenters. The van der Waals surface area contributed by atoms with Crippen LogP contribution in [0.25, 0.3) is 11.0 Å². The van der Waals surface area contributed by atoms with Crippen LogP contribution < -0.4 is 19.8 Å². The third-order valence-electron chi connectivity index (χ3n) is 6.75. The maximum Gasteiger partial charge on any atom is 0.407 e. The number of fused-ring (bicyclic) bond motifs is 2. The van der Waals surface area contributed by atoms with Crippen molar-refractivity contribution in [1.82, 2.24) is 24.3 Å². The van der Waals surface area contributed by atoms with Crippen LogP contribution in [0.5, 0.6) is 17.2 Å². The van der Waals surface area contributed by atoms with Crippen molar-refractivity contribution < 1.29 is 24.1 Å². The van der Waals surface area contributed by atoms with Crippen LogP contribution >= 0.6 is 0 Å². The largest absolute Gasteiger partial charge is 0.495 e. The van der Waals surface area contributed by atoms with E-state index in [1.54, 1.807) is 36.2 Å². The molecule has 1 N–H and O–H groups in total. The van der Waals surface area contributed by atoms with Crippen LogP contribution in [0.15, 0.2) is 41.5 Å². The number of carbonyl (C=O) groups is 1. The monoisotopic (exact) mass is 495 g/mol. The highest BCUT2D eigenvalue weighted by molar-refractivity contribution is 5.75. The number of likely N-dealkylation sites (tertiary alicyclic amines) is 1. The number of piperidine rings is 1. The summed E-state index contributed by atoms with van der Waals surface area (Å²) in [5.74, 6) is 1.78. The molecule has 2 aliphatic rings. The smallest absolute Gasteiger partial charge is 0.407 e. The standard InChI is InChI=1S/C25H29N5O6/c1-34-19-13-21-20(27-14-19)2-3-24(31)29(21)9-8-28-6-4-18(5-7-28)30(25(32)33)16-17-12-22-23(15-26-17)36-11-10-35-22/h2-3,12-15,18H,4-11,16H2,1H3,(H,32,33). The molecule has 0 aromatic carbocycles. The zero-order valence-corrected chi connectivity index (χ0v) is 20.1. The van der Waals surface area contributed by atoms with E-state index in [4.69, 9.17) is 14.2 Å². The average Bonchev–Trinajstić information content (AvgIpc) is 2.91. The van der Waals surface area contributed by atoms with Gasteiger partial charge in [-0.2, -0.15) is 0 Å². The van der Waals surface area contributed by atoms with E-state index < -0.39 is 6.09 Å². The van der Waals surface area contributed by atoms with Gasteiger partial charge in [0.2, 0.25) is 0 Å². The second-order valence-corrected chi connectivity index (χ2v) is 8.91. The highest BCUT2D eigenvalue weighted by Crippen LogP contribution is 2.30. The van der Waals surface area contributed by atoms with E-state index in [0.717, 1.165) is 24.1 Å². The fraction of sp³-hybridized carbons (Fsp3) is 0.440. The molecule has 2 aliphatic heterocycles. The van der Waals surface area contributed by atoms with Gasteiger partial charge in [0.1, 0.15) is 19.0 Å². The van der Waals surface area contributed by atoms with Crippen molar-refractivity contribution in [2.75, 3.05) is 40.0 Å². The van der Waals surface area contributed by atoms with Crippen LogP contribution in [0, 0.1) is 0 Å². The number of hydrogen-bond acceptors (Lipinski definition) is 8. The number of pyridine rings is 3. The molecule has 5 rings (SSSR count). The summed E-state index contributed by atoms with van der Waals surface area (Å²) in [6.07, 6.45) is 3.67. The van der Waals surface area contributed by atoms with Gasteiger partial charge in [-0.15, -0.1) is 0 Å². The van der Waals surface area contributed by atoms with Crippen LogP contribution in [0.1, 0.15) is 18.5 Å². The maximum absolute atomic E-state index is 12.6. The van der Waals surface area contributed by atoms with E-state index in [1.807, 2.05) is 6.07 Å². The highest BCUT2D eigenvalue weighted by Gasteiger charge is 2.28. The van der Waals surface area contributed by atoms with Crippen LogP contribution in [-0.4, -0.2) is 81.5 Å². The molecule has 3 aromatic heterocycles. The molecule has 0 spiro atoms. The molecular formula is C25H29N5O6. The zero-order chi connectivity index (χ0) is 25.1. The number of amides is 1. The summed E-state index contributed by atoms with van der Waals surface area (Å²) in [6.45, 7) is 3.81. The Labute approximate surface area is 207 Å². The number of hydrogen-bond donors (Lipinski definition) is 1. The first-order chi connectivity index (χ1) is 17.5. The maximum atomic E-state index is 12.6. The molecule has 0 aliphatic carbocycles. The van der Waals surface area contributed by atoms with Gasteiger partial charge in [0.15, 0.2) is 11.5 Å². The van der Waals surface area contributed by atoms with Crippen molar-refractivity contribution >= 4 is 17.1 Å². The van der Waals surface area contributed by atoms with Crippen LogP contribution in [-0.2, 0) is 13.1 Å². The van der Waals surface area contributed by atoms with Crippen molar-refractivity contribution in [2.24, 2.45) is 0 Å². The quantitative estimate of drug-likeness (QED) is 0.526. The lowest BCUT2D eigenvalue weighted by molar-refractivity contribution is 0.0848. The van der Waals surface area contributed by atoms with E-state index in [-0.39, 0.29) is 18.1 Å². The lowest BCUT2D eigenvalue weighted by atomic mass is 10.0. The van der Waals surface area contributed by atoms with Crippen LogP contribution in [0.2, 0.25) is 0 Å². The lowest BCUT2D eigenvalue weighted by Gasteiger charge is -2.37. The Bertz CT molecular complexity index is 1300. The van der Waals surface area contributed by atoms with Gasteiger partial charge in [0.25, 0.3) is 5.56 Å². The Balaban J connectivity index is 1.21. The van der Waals surface area contributed by atoms with Crippen molar-refractivity contribution in [2.45, 2.75) is 32.0 Å². The van der Waals surface area contributed by atoms with Gasteiger partial charge in [-0.05, 0) is 18.9 Å². The molecule has 3 aromatic rings. The van der Waals surface area contributed by atoms with Crippen LogP contribution in [0.4, 0.5) is 4.79 Å². The van der Waals surface area contributed by atoms with Crippen molar-refractivity contribution in [3.8, 4) is 17.2 Å². The first kappa shape index (κ1) is 23.9. The lowest BCUT2D eigenvalue weighted by Crippen LogP contribution is -2.47. The predicted molar refractivity (Wildman–Crippen MR) is 131 cm³/mol. The van der Waals surface area contributed by atoms with E-state index in [2.05, 4.69) is 14.9 Å². The second kappa shape index (κ2) is 10.4. The fourth-order valence-corrected chi connectivity index (χ4v) is 4.79. The molecule has 0 atom stereocenters. The molecule has 5 heterocycles. The Hall–Kier alpha value is -3.86. The minimum Gasteiger partial charge on any atom is -0.495 e. The predicted octanol–water partition coefficient (Wildman–Crippen LogP) is 2.22. The summed E-state index contributed by atoms with van der Waals surface area (Å²) < 4.78 is 18.1. The molecule has 1 amide bonds. The van der Waals surface area contributed by atoms with Gasteiger partial charge < -0.3 is 28.8 Å². The Morgan fingerprint density at radius 3 is 2.64 bits per heavy atom. The van der Waals surface area contributed by atoms with Gasteiger partial charge >= 0.3 is 6.09 Å². The summed E-state index contributed by atoms with van der Waals surface area (Å²) >= 11 is 0. The van der Waals surface area contributed by atoms with Gasteiger partial charge in [-0.1, -0.05) is 0 Å². The molecule has 0 bridgehead atoms. The van der Waals surface area contributed by atoms with Crippen molar-refractivity contribution in [3.05, 3.63) is 52.7 Å². The summed E-state index contributed by atoms with van der Waals surface area (Å²) in [5.41, 5.74) is 2.01. The first-order valence-electron chi connectivity index (χ1n) is 12.0. The Morgan fingerprint density at radius 1 is 1.11 bits per heavy atom. The molecular weight excluding hydrogens is 466 g/mol. The number of methoxy groups -OCH3 is 1. The van der Waals surface area contributed by atoms with Gasteiger partial charge in [-0.3, -0.25) is 19.7 Å². The number of rotatable bonds is 7. The zero-order valence-electron chi connectivity index (χ0n) is 20.1. The molecule has 11 nitrogen and oxygen atoms in total. The fourth-order valence-electron chi connectivity index (χ4n) is 4.79. The van der Waals surface area contributed by atoms with E-state index in [1.165, 1.54) is 11.0 Å². The normalized spacial score (nSPS) is 16.1. The number of aromatic nitrogens is 3. The molecule has 0 radical (unpaired) electrons. The summed E-state index contributed by atoms with van der Waals surface area (Å²) in [5, 5.41) is 9.89. The molecule has 1 fully saturated rings. The molecule has 11 heteroatoms. The van der Waals surface area contributed by atoms with E-state index in [0.29, 0.717) is 62.1 Å². The minimum absolute atomic E-state index is 0.0866. The van der Waals surface area contributed by atoms with Crippen molar-refractivity contribution in [1.29, 1.82) is 0 Å². The molecule has 190 valence electrons. The van der Waals surface area contributed by atoms with Gasteiger partial charge in [0, 0.05) is 50.4 Å². The van der Waals surface area contributed by atoms with E-state index >= 15 is 0 Å². The average molecular weight is 496 g/mol. The van der Waals surface area contributed by atoms with Crippen LogP contribution in [0.3, 0.4) is 0 Å². The second-order valence-electron chi connectivity index (χ2n) is 8.91. The number of carboxylic acid groups (broad SMARTS) is 1. The van der Waals surface area contributed by atoms with Gasteiger partial charge in [0.05, 0.1) is 42.8 Å². The van der Waals surface area contributed by atoms with Gasteiger partial charge in [-0.25, -0.2) is 4.79 Å². The van der Waals surface area contributed by atoms with E-state index in [9.17, 15) is 14.7 Å². The summed E-state index contributed by atoms with van der Waals surface area (Å²) in [6, 6.07) is 6.72. The molecule has 1 saturated heterocycles. The summed E-state index contributed by atoms with van der Waals surface area (Å²) in [7, 11) is 1.57. The third kappa shape index (κ3) is 5.06. The molecule has 36 heavy (non-hydrogen) atoms. The number of ether oxygens (including phenoxy) is 3. The topological polar surface area (TPSA) is 119 Å². The number of nitrogens with zero attached hydrogens (tertiary/aromatic N) is 5. The first-order valence-corrected chi connectivity index (χ1v) is 12.0. The van der Waals surface area contributed by atoms with Crippen molar-refractivity contribution in [3.63, 3.8) is 0 Å². The minimum atomic E-state index is -0.964. The molecule has 0 saturated carbocycles. The Kier molecular flexibility index (Phi) is 6.90. The summed E-state index contributed by atoms with van der Waals surface area (Å²) in [4.78, 5) is 37.1. The third-order valence-corrected chi connectivity index (χ3v) is 6.75.